The second-order valence-corrected chi connectivity index (χ2v) is 16.6. The van der Waals surface area contributed by atoms with Crippen LogP contribution in [-0.2, 0) is 30.8 Å². The summed E-state index contributed by atoms with van der Waals surface area (Å²) in [5.74, 6) is -8.11. The van der Waals surface area contributed by atoms with Gasteiger partial charge < -0.3 is 4.90 Å². The minimum absolute atomic E-state index is 0. The molecule has 0 amide bonds. The van der Waals surface area contributed by atoms with Crippen LogP contribution in [0.5, 0.6) is 0 Å². The normalized spacial score (nSPS) is 15.0. The van der Waals surface area contributed by atoms with Gasteiger partial charge in [-0.15, -0.1) is 6.58 Å². The molecule has 55 heavy (non-hydrogen) atoms. The molecule has 0 unspecified atom stereocenters. The number of anilines is 1. The molecule has 9 heteroatoms. The summed E-state index contributed by atoms with van der Waals surface area (Å²) in [4.78, 5) is 1.83. The van der Waals surface area contributed by atoms with Crippen LogP contribution in [0.15, 0.2) is 72.7 Å². The number of rotatable bonds is 9. The van der Waals surface area contributed by atoms with E-state index in [1.807, 2.05) is 6.08 Å². The predicted molar refractivity (Wildman–Crippen MR) is 218 cm³/mol. The van der Waals surface area contributed by atoms with Gasteiger partial charge in [-0.2, -0.15) is 8.78 Å². The van der Waals surface area contributed by atoms with Gasteiger partial charge in [-0.1, -0.05) is 84.5 Å². The zero-order valence-electron chi connectivity index (χ0n) is 32.3. The van der Waals surface area contributed by atoms with Gasteiger partial charge >= 0.3 is 0 Å². The Hall–Kier alpha value is -3.95. The van der Waals surface area contributed by atoms with E-state index < -0.39 is 50.8 Å². The van der Waals surface area contributed by atoms with Crippen LogP contribution in [0.25, 0.3) is 6.08 Å². The fraction of sp³-hybridized carbons (Fsp3) is 0.391. The van der Waals surface area contributed by atoms with Crippen LogP contribution in [0.4, 0.5) is 32.0 Å². The Morgan fingerprint density at radius 1 is 0.927 bits per heavy atom. The van der Waals surface area contributed by atoms with Gasteiger partial charge in [0.25, 0.3) is 5.92 Å². The van der Waals surface area contributed by atoms with Crippen molar-refractivity contribution in [1.29, 1.82) is 0 Å². The summed E-state index contributed by atoms with van der Waals surface area (Å²) in [5, 5.41) is 0. The van der Waals surface area contributed by atoms with E-state index in [-0.39, 0.29) is 37.1 Å². The maximum absolute atomic E-state index is 15.4. The van der Waals surface area contributed by atoms with E-state index in [2.05, 4.69) is 89.2 Å². The first-order chi connectivity index (χ1) is 25.4. The van der Waals surface area contributed by atoms with Crippen molar-refractivity contribution in [3.8, 4) is 0 Å². The van der Waals surface area contributed by atoms with Gasteiger partial charge in [-0.25, -0.2) is 21.9 Å². The summed E-state index contributed by atoms with van der Waals surface area (Å²) in [7, 11) is 2.23. The molecule has 0 N–H and O–H groups in total. The lowest BCUT2D eigenvalue weighted by Crippen LogP contribution is -2.29. The van der Waals surface area contributed by atoms with Gasteiger partial charge in [0.15, 0.2) is 11.6 Å². The van der Waals surface area contributed by atoms with E-state index in [1.165, 1.54) is 77.0 Å². The minimum Gasteiger partial charge on any atom is -0.370 e. The Morgan fingerprint density at radius 3 is 2.20 bits per heavy atom. The third-order valence-corrected chi connectivity index (χ3v) is 11.3. The fourth-order valence-corrected chi connectivity index (χ4v) is 8.14. The summed E-state index contributed by atoms with van der Waals surface area (Å²) in [6.45, 7) is 19.8. The number of aryl methyl sites for hydroxylation is 1. The number of nitrogens with zero attached hydrogens (tertiary/aromatic N) is 2. The maximum Gasteiger partial charge on any atom is 0.300 e. The van der Waals surface area contributed by atoms with Gasteiger partial charge in [-0.05, 0) is 114 Å². The summed E-state index contributed by atoms with van der Waals surface area (Å²) in [5.41, 5.74) is 6.09. The number of benzene rings is 4. The molecule has 0 bridgehead atoms. The van der Waals surface area contributed by atoms with E-state index in [0.29, 0.717) is 24.1 Å². The summed E-state index contributed by atoms with van der Waals surface area (Å²) in [6.07, 6.45) is 8.37. The molecule has 6 rings (SSSR count). The van der Waals surface area contributed by atoms with Crippen LogP contribution in [0.1, 0.15) is 116 Å². The lowest BCUT2D eigenvalue weighted by Gasteiger charge is -2.32. The number of hydrogen-bond donors (Lipinski definition) is 0. The van der Waals surface area contributed by atoms with Crippen molar-refractivity contribution in [3.05, 3.63) is 147 Å². The molecule has 1 fully saturated rings. The van der Waals surface area contributed by atoms with E-state index in [1.54, 1.807) is 0 Å². The molecule has 1 aliphatic carbocycles. The summed E-state index contributed by atoms with van der Waals surface area (Å²) < 4.78 is 89.0. The number of fused-ring (bicyclic) bond motifs is 2. The number of alkyl halides is 2. The number of halogens is 6. The standard InChI is InChI=1S/C26H35N.C19H15F6NS.CH4/c1-7-9-20-14-21(16-23(15-20)26(3,4)5)18-27(6)25-13-10-19(8-2)17-24(25)22-11-12-22;1-4-5-26-8-12-13(6-11(20)7-14(12)21)19(24,25)15-9(2)10(3)16(22)17(23)18(15)27-26;/h8,10,13-17,22H,2,7,9,11-12,18H2,1,3-6H3;4,6-7H,1,5,8H2,2-3H3;1H4. The third kappa shape index (κ3) is 9.54. The maximum atomic E-state index is 15.4. The Kier molecular flexibility index (Phi) is 13.9. The number of hydrogen-bond acceptors (Lipinski definition) is 3. The fourth-order valence-electron chi connectivity index (χ4n) is 6.97. The largest absolute Gasteiger partial charge is 0.370 e. The van der Waals surface area contributed by atoms with Crippen LogP contribution < -0.4 is 4.90 Å². The average molecular weight is 781 g/mol. The van der Waals surface area contributed by atoms with Crippen LogP contribution in [0, 0.1) is 37.1 Å². The smallest absolute Gasteiger partial charge is 0.300 e. The molecule has 1 saturated carbocycles. The van der Waals surface area contributed by atoms with Crippen LogP contribution in [0.2, 0.25) is 0 Å². The Labute approximate surface area is 328 Å². The van der Waals surface area contributed by atoms with Gasteiger partial charge in [0.05, 0.1) is 4.90 Å². The molecular weight excluding hydrogens is 727 g/mol. The molecule has 4 aromatic rings. The molecule has 296 valence electrons. The zero-order chi connectivity index (χ0) is 39.7. The van der Waals surface area contributed by atoms with Crippen molar-refractivity contribution in [2.24, 2.45) is 0 Å². The van der Waals surface area contributed by atoms with Gasteiger partial charge in [0.1, 0.15) is 11.6 Å². The van der Waals surface area contributed by atoms with E-state index >= 15 is 8.78 Å². The van der Waals surface area contributed by atoms with Crippen LogP contribution >= 0.6 is 11.9 Å². The highest BCUT2D eigenvalue weighted by molar-refractivity contribution is 7.97. The highest BCUT2D eigenvalue weighted by Crippen LogP contribution is 2.50. The van der Waals surface area contributed by atoms with Gasteiger partial charge in [0.2, 0.25) is 0 Å². The van der Waals surface area contributed by atoms with Crippen molar-refractivity contribution >= 4 is 23.7 Å². The van der Waals surface area contributed by atoms with E-state index in [4.69, 9.17) is 0 Å². The molecule has 0 aromatic heterocycles. The molecular formula is C46H54F6N2S. The van der Waals surface area contributed by atoms with Gasteiger partial charge in [-0.3, -0.25) is 0 Å². The van der Waals surface area contributed by atoms with E-state index in [9.17, 15) is 17.6 Å². The van der Waals surface area contributed by atoms with Crippen molar-refractivity contribution in [2.75, 3.05) is 18.5 Å². The molecule has 2 nitrogen and oxygen atoms in total. The van der Waals surface area contributed by atoms with Gasteiger partial charge in [0, 0.05) is 55.1 Å². The summed E-state index contributed by atoms with van der Waals surface area (Å²) >= 11 is 0.565. The Balaban J connectivity index is 0.000000240. The Bertz CT molecular complexity index is 2050. The first-order valence-electron chi connectivity index (χ1n) is 18.4. The second kappa shape index (κ2) is 17.5. The lowest BCUT2D eigenvalue weighted by molar-refractivity contribution is 0.0355. The monoisotopic (exact) mass is 780 g/mol. The molecule has 0 atom stereocenters. The van der Waals surface area contributed by atoms with Crippen LogP contribution in [-0.4, -0.2) is 17.9 Å². The highest BCUT2D eigenvalue weighted by Gasteiger charge is 2.45. The lowest BCUT2D eigenvalue weighted by atomic mass is 9.84. The molecule has 4 aromatic carbocycles. The first kappa shape index (κ1) is 43.8. The SMILES string of the molecule is C.C=CCN1Cc2c(F)cc(F)cc2C(F)(F)c2c(C)c(C)c(F)c(F)c2S1.C=Cc1ccc(N(C)Cc2cc(CCC)cc(C(C)(C)C)c2)c(C2CC2)c1. The zero-order valence-corrected chi connectivity index (χ0v) is 33.1. The highest BCUT2D eigenvalue weighted by atomic mass is 32.2. The third-order valence-electron chi connectivity index (χ3n) is 10.2. The second-order valence-electron chi connectivity index (χ2n) is 15.5. The average Bonchev–Trinajstić information content (AvgIpc) is 3.96. The van der Waals surface area contributed by atoms with Crippen molar-refractivity contribution in [1.82, 2.24) is 4.31 Å². The Morgan fingerprint density at radius 2 is 1.60 bits per heavy atom. The van der Waals surface area contributed by atoms with Crippen molar-refractivity contribution in [3.63, 3.8) is 0 Å². The molecule has 0 radical (unpaired) electrons. The van der Waals surface area contributed by atoms with Crippen molar-refractivity contribution < 1.29 is 26.3 Å². The first-order valence-corrected chi connectivity index (χ1v) is 19.2. The molecule has 1 heterocycles. The molecule has 1 aliphatic heterocycles. The topological polar surface area (TPSA) is 6.48 Å². The molecule has 0 saturated heterocycles. The minimum atomic E-state index is -3.91. The molecule has 0 spiro atoms. The quantitative estimate of drug-likeness (QED) is 0.0949. The predicted octanol–water partition coefficient (Wildman–Crippen LogP) is 13.7. The van der Waals surface area contributed by atoms with Crippen molar-refractivity contribution in [2.45, 2.75) is 110 Å². The van der Waals surface area contributed by atoms with Crippen LogP contribution in [0.3, 0.4) is 0 Å². The molecule has 2 aliphatic rings. The van der Waals surface area contributed by atoms with E-state index in [0.717, 1.165) is 18.9 Å². The summed E-state index contributed by atoms with van der Waals surface area (Å²) in [6, 6.07) is 15.1.